The second-order valence-corrected chi connectivity index (χ2v) is 7.87. The van der Waals surface area contributed by atoms with E-state index in [2.05, 4.69) is 9.71 Å². The van der Waals surface area contributed by atoms with Crippen molar-refractivity contribution in [1.82, 2.24) is 4.98 Å². The van der Waals surface area contributed by atoms with Crippen molar-refractivity contribution in [2.75, 3.05) is 36.9 Å². The largest absolute Gasteiger partial charge is 0.497 e. The van der Waals surface area contributed by atoms with Crippen LogP contribution in [-0.4, -0.2) is 51.8 Å². The summed E-state index contributed by atoms with van der Waals surface area (Å²) in [7, 11) is -1.29. The van der Waals surface area contributed by atoms with E-state index in [-0.39, 0.29) is 21.9 Å². The topological polar surface area (TPSA) is 118 Å². The van der Waals surface area contributed by atoms with Gasteiger partial charge in [0.15, 0.2) is 0 Å². The van der Waals surface area contributed by atoms with Gasteiger partial charge in [-0.3, -0.25) is 4.72 Å². The Balaban J connectivity index is 1.96. The molecule has 28 heavy (non-hydrogen) atoms. The highest BCUT2D eigenvalue weighted by molar-refractivity contribution is 7.92. The standard InChI is InChI=1S/C18H21N3O6S/c1-26-13-5-6-15(27-2)16(10-13)28(24,25)20-12-9-14(18(22)23)17(19-11-12)21-7-3-4-8-21/h5-6,9-11,20H,3-4,7-8H2,1-2H3,(H,22,23). The molecule has 1 aliphatic rings. The summed E-state index contributed by atoms with van der Waals surface area (Å²) in [5.74, 6) is -0.357. The van der Waals surface area contributed by atoms with E-state index in [1.807, 2.05) is 4.90 Å². The normalized spacial score (nSPS) is 14.0. The van der Waals surface area contributed by atoms with Gasteiger partial charge in [0, 0.05) is 19.2 Å². The molecular weight excluding hydrogens is 386 g/mol. The molecule has 2 aromatic rings. The van der Waals surface area contributed by atoms with Crippen molar-refractivity contribution in [3.8, 4) is 11.5 Å². The maximum absolute atomic E-state index is 12.8. The molecule has 2 heterocycles. The van der Waals surface area contributed by atoms with Gasteiger partial charge < -0.3 is 19.5 Å². The molecule has 0 spiro atoms. The molecule has 0 bridgehead atoms. The number of aromatic nitrogens is 1. The van der Waals surface area contributed by atoms with Crippen molar-refractivity contribution in [2.45, 2.75) is 17.7 Å². The molecule has 2 N–H and O–H groups in total. The molecule has 1 aromatic carbocycles. The monoisotopic (exact) mass is 407 g/mol. The number of ether oxygens (including phenoxy) is 2. The minimum absolute atomic E-state index is 0.0465. The fraction of sp³-hybridized carbons (Fsp3) is 0.333. The van der Waals surface area contributed by atoms with Crippen molar-refractivity contribution in [1.29, 1.82) is 0 Å². The molecule has 0 aliphatic carbocycles. The lowest BCUT2D eigenvalue weighted by Gasteiger charge is -2.19. The molecule has 0 atom stereocenters. The summed E-state index contributed by atoms with van der Waals surface area (Å²) < 4.78 is 38.3. The first kappa shape index (κ1) is 19.7. The second-order valence-electron chi connectivity index (χ2n) is 6.22. The van der Waals surface area contributed by atoms with Crippen molar-refractivity contribution in [3.63, 3.8) is 0 Å². The Morgan fingerprint density at radius 3 is 2.50 bits per heavy atom. The second kappa shape index (κ2) is 7.93. The molecule has 1 saturated heterocycles. The number of hydrogen-bond acceptors (Lipinski definition) is 7. The lowest BCUT2D eigenvalue weighted by Crippen LogP contribution is -2.22. The Kier molecular flexibility index (Phi) is 5.59. The maximum atomic E-state index is 12.8. The van der Waals surface area contributed by atoms with Gasteiger partial charge in [0.05, 0.1) is 26.1 Å². The number of anilines is 2. The van der Waals surface area contributed by atoms with Gasteiger partial charge in [0.2, 0.25) is 0 Å². The number of rotatable bonds is 7. The first-order chi connectivity index (χ1) is 13.4. The number of methoxy groups -OCH3 is 2. The van der Waals surface area contributed by atoms with Crippen LogP contribution in [0.2, 0.25) is 0 Å². The highest BCUT2D eigenvalue weighted by Gasteiger charge is 2.24. The van der Waals surface area contributed by atoms with Crippen LogP contribution in [0.5, 0.6) is 11.5 Å². The van der Waals surface area contributed by atoms with Crippen LogP contribution in [-0.2, 0) is 10.0 Å². The number of nitrogens with zero attached hydrogens (tertiary/aromatic N) is 2. The van der Waals surface area contributed by atoms with E-state index >= 15 is 0 Å². The summed E-state index contributed by atoms with van der Waals surface area (Å²) in [4.78, 5) is 17.6. The molecule has 1 aromatic heterocycles. The summed E-state index contributed by atoms with van der Waals surface area (Å²) >= 11 is 0. The van der Waals surface area contributed by atoms with Gasteiger partial charge in [-0.25, -0.2) is 18.2 Å². The van der Waals surface area contributed by atoms with Crippen LogP contribution >= 0.6 is 0 Å². The number of sulfonamides is 1. The third kappa shape index (κ3) is 3.96. The Morgan fingerprint density at radius 2 is 1.89 bits per heavy atom. The van der Waals surface area contributed by atoms with Crippen LogP contribution in [0.4, 0.5) is 11.5 Å². The van der Waals surface area contributed by atoms with Gasteiger partial charge in [-0.2, -0.15) is 0 Å². The SMILES string of the molecule is COc1ccc(OC)c(S(=O)(=O)Nc2cnc(N3CCCC3)c(C(=O)O)c2)c1. The fourth-order valence-electron chi connectivity index (χ4n) is 3.06. The predicted octanol–water partition coefficient (Wildman–Crippen LogP) is 2.20. The smallest absolute Gasteiger partial charge is 0.339 e. The molecular formula is C18H21N3O6S. The van der Waals surface area contributed by atoms with E-state index in [1.165, 1.54) is 38.6 Å². The van der Waals surface area contributed by atoms with Crippen molar-refractivity contribution < 1.29 is 27.8 Å². The molecule has 9 nitrogen and oxygen atoms in total. The third-order valence-corrected chi connectivity index (χ3v) is 5.82. The van der Waals surface area contributed by atoms with E-state index < -0.39 is 16.0 Å². The first-order valence-corrected chi connectivity index (χ1v) is 10.1. The summed E-state index contributed by atoms with van der Waals surface area (Å²) in [6.45, 7) is 1.44. The van der Waals surface area contributed by atoms with Gasteiger partial charge in [0.1, 0.15) is 27.8 Å². The quantitative estimate of drug-likeness (QED) is 0.717. The highest BCUT2D eigenvalue weighted by Crippen LogP contribution is 2.31. The number of pyridine rings is 1. The number of aromatic carboxylic acids is 1. The van der Waals surface area contributed by atoms with Crippen molar-refractivity contribution >= 4 is 27.5 Å². The van der Waals surface area contributed by atoms with Crippen LogP contribution in [0, 0.1) is 0 Å². The molecule has 0 radical (unpaired) electrons. The lowest BCUT2D eigenvalue weighted by atomic mass is 10.2. The molecule has 150 valence electrons. The van der Waals surface area contributed by atoms with E-state index in [0.717, 1.165) is 25.9 Å². The van der Waals surface area contributed by atoms with E-state index in [0.29, 0.717) is 11.6 Å². The molecule has 0 unspecified atom stereocenters. The summed E-state index contributed by atoms with van der Waals surface area (Å²) in [5.41, 5.74) is -0.00933. The van der Waals surface area contributed by atoms with Crippen LogP contribution in [0.15, 0.2) is 35.4 Å². The average Bonchev–Trinajstić information content (AvgIpc) is 3.21. The highest BCUT2D eigenvalue weighted by atomic mass is 32.2. The van der Waals surface area contributed by atoms with Gasteiger partial charge in [-0.15, -0.1) is 0 Å². The molecule has 0 amide bonds. The Bertz CT molecular complexity index is 987. The molecule has 3 rings (SSSR count). The number of carboxylic acids is 1. The fourth-order valence-corrected chi connectivity index (χ4v) is 4.28. The summed E-state index contributed by atoms with van der Waals surface area (Å²) in [6.07, 6.45) is 3.24. The van der Waals surface area contributed by atoms with Crippen LogP contribution < -0.4 is 19.1 Å². The molecule has 1 fully saturated rings. The zero-order valence-electron chi connectivity index (χ0n) is 15.5. The Morgan fingerprint density at radius 1 is 1.18 bits per heavy atom. The molecule has 0 saturated carbocycles. The number of nitrogens with one attached hydrogen (secondary N) is 1. The first-order valence-electron chi connectivity index (χ1n) is 8.59. The zero-order chi connectivity index (χ0) is 20.3. The zero-order valence-corrected chi connectivity index (χ0v) is 16.3. The number of carbonyl (C=O) groups is 1. The van der Waals surface area contributed by atoms with E-state index in [9.17, 15) is 18.3 Å². The van der Waals surface area contributed by atoms with Crippen LogP contribution in [0.1, 0.15) is 23.2 Å². The van der Waals surface area contributed by atoms with Crippen LogP contribution in [0.25, 0.3) is 0 Å². The van der Waals surface area contributed by atoms with Crippen LogP contribution in [0.3, 0.4) is 0 Å². The third-order valence-electron chi connectivity index (χ3n) is 4.42. The minimum atomic E-state index is -4.06. The van der Waals surface area contributed by atoms with E-state index in [4.69, 9.17) is 9.47 Å². The molecule has 10 heteroatoms. The van der Waals surface area contributed by atoms with E-state index in [1.54, 1.807) is 6.07 Å². The van der Waals surface area contributed by atoms with Gasteiger partial charge >= 0.3 is 5.97 Å². The lowest BCUT2D eigenvalue weighted by molar-refractivity contribution is 0.0697. The number of carboxylic acid groups (broad SMARTS) is 1. The summed E-state index contributed by atoms with van der Waals surface area (Å²) in [5, 5.41) is 9.54. The van der Waals surface area contributed by atoms with Crippen molar-refractivity contribution in [3.05, 3.63) is 36.0 Å². The number of hydrogen-bond donors (Lipinski definition) is 2. The van der Waals surface area contributed by atoms with Crippen molar-refractivity contribution in [2.24, 2.45) is 0 Å². The predicted molar refractivity (Wildman–Crippen MR) is 103 cm³/mol. The molecule has 1 aliphatic heterocycles. The van der Waals surface area contributed by atoms with Gasteiger partial charge in [0.25, 0.3) is 10.0 Å². The number of benzene rings is 1. The van der Waals surface area contributed by atoms with Gasteiger partial charge in [-0.05, 0) is 31.0 Å². The Labute approximate surface area is 163 Å². The van der Waals surface area contributed by atoms with Gasteiger partial charge in [-0.1, -0.05) is 0 Å². The summed E-state index contributed by atoms with van der Waals surface area (Å²) in [6, 6.07) is 5.65. The maximum Gasteiger partial charge on any atom is 0.339 e. The minimum Gasteiger partial charge on any atom is -0.497 e. The Hall–Kier alpha value is -3.01. The average molecular weight is 407 g/mol.